The Hall–Kier alpha value is -3.05. The number of rotatable bonds is 3. The van der Waals surface area contributed by atoms with Gasteiger partial charge in [-0.15, -0.1) is 11.8 Å². The maximum atomic E-state index is 13.4. The van der Waals surface area contributed by atoms with Crippen molar-refractivity contribution >= 4 is 28.6 Å². The van der Waals surface area contributed by atoms with E-state index < -0.39 is 0 Å². The van der Waals surface area contributed by atoms with E-state index in [1.807, 2.05) is 23.1 Å². The Labute approximate surface area is 174 Å². The number of H-pyrrole nitrogens is 1. The van der Waals surface area contributed by atoms with Gasteiger partial charge in [0, 0.05) is 40.4 Å². The number of pyridine rings is 1. The Morgan fingerprint density at radius 2 is 1.93 bits per heavy atom. The molecule has 4 aromatic rings. The molecule has 1 amide bonds. The number of aromatic nitrogens is 2. The van der Waals surface area contributed by atoms with E-state index >= 15 is 0 Å². The molecule has 0 unspecified atom stereocenters. The predicted octanol–water partition coefficient (Wildman–Crippen LogP) is 5.07. The molecule has 144 valence electrons. The number of carbonyl (C=O) groups excluding carboxylic acids is 1. The van der Waals surface area contributed by atoms with Crippen molar-refractivity contribution in [1.29, 1.82) is 0 Å². The summed E-state index contributed by atoms with van der Waals surface area (Å²) in [6, 6.07) is 20.4. The molecule has 4 nitrogen and oxygen atoms in total. The monoisotopic (exact) mass is 399 g/mol. The van der Waals surface area contributed by atoms with Crippen molar-refractivity contribution in [3.05, 3.63) is 95.4 Å². The van der Waals surface area contributed by atoms with Crippen LogP contribution in [0, 0.1) is 0 Å². The minimum absolute atomic E-state index is 0.0151. The lowest BCUT2D eigenvalue weighted by atomic mass is 9.92. The Bertz CT molecular complexity index is 1170. The summed E-state index contributed by atoms with van der Waals surface area (Å²) in [6.07, 6.45) is 6.26. The molecule has 0 aliphatic carbocycles. The summed E-state index contributed by atoms with van der Waals surface area (Å²) in [6.45, 7) is 0.678. The fourth-order valence-electron chi connectivity index (χ4n) is 4.25. The Morgan fingerprint density at radius 1 is 1.10 bits per heavy atom. The van der Waals surface area contributed by atoms with E-state index in [1.165, 1.54) is 15.8 Å². The number of fused-ring (bicyclic) bond motifs is 3. The van der Waals surface area contributed by atoms with Crippen LogP contribution in [0.4, 0.5) is 0 Å². The van der Waals surface area contributed by atoms with E-state index in [2.05, 4.69) is 58.7 Å². The lowest BCUT2D eigenvalue weighted by Crippen LogP contribution is -2.40. The highest BCUT2D eigenvalue weighted by Gasteiger charge is 2.34. The Balaban J connectivity index is 1.65. The van der Waals surface area contributed by atoms with Gasteiger partial charge in [0.15, 0.2) is 0 Å². The average molecular weight is 400 g/mol. The third-order valence-corrected chi connectivity index (χ3v) is 6.38. The van der Waals surface area contributed by atoms with Gasteiger partial charge < -0.3 is 9.88 Å². The van der Waals surface area contributed by atoms with Crippen molar-refractivity contribution in [2.75, 3.05) is 12.8 Å². The number of aromatic amines is 1. The Morgan fingerprint density at radius 3 is 2.69 bits per heavy atom. The van der Waals surface area contributed by atoms with Crippen LogP contribution in [0.15, 0.2) is 78.0 Å². The molecule has 29 heavy (non-hydrogen) atoms. The minimum Gasteiger partial charge on any atom is -0.356 e. The number of hydrogen-bond donors (Lipinski definition) is 1. The summed E-state index contributed by atoms with van der Waals surface area (Å²) in [4.78, 5) is 24.3. The number of hydrogen-bond acceptors (Lipinski definition) is 3. The molecule has 0 fully saturated rings. The molecule has 1 aliphatic heterocycles. The zero-order chi connectivity index (χ0) is 19.8. The van der Waals surface area contributed by atoms with Gasteiger partial charge in [0.1, 0.15) is 0 Å². The summed E-state index contributed by atoms with van der Waals surface area (Å²) < 4.78 is 0. The molecule has 2 aromatic heterocycles. The number of nitrogens with zero attached hydrogens (tertiary/aromatic N) is 2. The van der Waals surface area contributed by atoms with Gasteiger partial charge in [-0.1, -0.05) is 30.3 Å². The number of carbonyl (C=O) groups is 1. The molecule has 1 N–H and O–H groups in total. The van der Waals surface area contributed by atoms with Crippen LogP contribution in [0.3, 0.4) is 0 Å². The number of thioether (sulfide) groups is 1. The standard InChI is InChI=1S/C24H21N3OS/c1-29-18-10-8-16(9-11-18)23-22-20(19-6-2-3-7-21(19)26-22)12-14-27(23)24(28)17-5-4-13-25-15-17/h2-11,13,15,23,26H,12,14H2,1H3/t23-/m0/s1. The fourth-order valence-corrected chi connectivity index (χ4v) is 4.66. The van der Waals surface area contributed by atoms with Crippen LogP contribution in [0.1, 0.15) is 33.2 Å². The van der Waals surface area contributed by atoms with Crippen molar-refractivity contribution < 1.29 is 4.79 Å². The number of nitrogens with one attached hydrogen (secondary N) is 1. The first-order valence-corrected chi connectivity index (χ1v) is 10.9. The van der Waals surface area contributed by atoms with Crippen LogP contribution in [0.5, 0.6) is 0 Å². The average Bonchev–Trinajstić information content (AvgIpc) is 3.17. The van der Waals surface area contributed by atoms with Gasteiger partial charge in [-0.3, -0.25) is 9.78 Å². The van der Waals surface area contributed by atoms with Crippen molar-refractivity contribution in [3.63, 3.8) is 0 Å². The van der Waals surface area contributed by atoms with Gasteiger partial charge in [0.05, 0.1) is 11.6 Å². The molecule has 5 rings (SSSR count). The molecule has 3 heterocycles. The van der Waals surface area contributed by atoms with Gasteiger partial charge in [-0.05, 0) is 54.1 Å². The maximum Gasteiger partial charge on any atom is 0.256 e. The van der Waals surface area contributed by atoms with Gasteiger partial charge >= 0.3 is 0 Å². The van der Waals surface area contributed by atoms with E-state index in [9.17, 15) is 4.79 Å². The van der Waals surface area contributed by atoms with Crippen molar-refractivity contribution in [1.82, 2.24) is 14.9 Å². The van der Waals surface area contributed by atoms with Crippen LogP contribution in [-0.2, 0) is 6.42 Å². The molecule has 0 saturated carbocycles. The van der Waals surface area contributed by atoms with Crippen molar-refractivity contribution in [3.8, 4) is 0 Å². The van der Waals surface area contributed by atoms with Crippen LogP contribution in [0.25, 0.3) is 10.9 Å². The van der Waals surface area contributed by atoms with Gasteiger partial charge in [0.2, 0.25) is 0 Å². The second-order valence-electron chi connectivity index (χ2n) is 7.23. The quantitative estimate of drug-likeness (QED) is 0.489. The second-order valence-corrected chi connectivity index (χ2v) is 8.11. The molecule has 2 aromatic carbocycles. The lowest BCUT2D eigenvalue weighted by Gasteiger charge is -2.36. The first-order valence-electron chi connectivity index (χ1n) is 9.70. The highest BCUT2D eigenvalue weighted by molar-refractivity contribution is 7.98. The van der Waals surface area contributed by atoms with E-state index in [0.717, 1.165) is 23.2 Å². The van der Waals surface area contributed by atoms with Crippen LogP contribution >= 0.6 is 11.8 Å². The van der Waals surface area contributed by atoms with Gasteiger partial charge in [-0.2, -0.15) is 0 Å². The summed E-state index contributed by atoms with van der Waals surface area (Å²) in [7, 11) is 0. The topological polar surface area (TPSA) is 49.0 Å². The minimum atomic E-state index is -0.144. The lowest BCUT2D eigenvalue weighted by molar-refractivity contribution is 0.0691. The van der Waals surface area contributed by atoms with Crippen LogP contribution in [-0.4, -0.2) is 33.6 Å². The summed E-state index contributed by atoms with van der Waals surface area (Å²) in [5.41, 5.74) is 5.30. The van der Waals surface area contributed by atoms with E-state index in [1.54, 1.807) is 24.2 Å². The van der Waals surface area contributed by atoms with Crippen LogP contribution in [0.2, 0.25) is 0 Å². The van der Waals surface area contributed by atoms with Gasteiger partial charge in [0.25, 0.3) is 5.91 Å². The summed E-state index contributed by atoms with van der Waals surface area (Å²) in [5, 5.41) is 1.25. The largest absolute Gasteiger partial charge is 0.356 e. The summed E-state index contributed by atoms with van der Waals surface area (Å²) in [5.74, 6) is 0.0151. The second kappa shape index (κ2) is 7.41. The molecule has 0 radical (unpaired) electrons. The molecular weight excluding hydrogens is 378 g/mol. The third-order valence-electron chi connectivity index (χ3n) is 5.64. The molecular formula is C24H21N3OS. The van der Waals surface area contributed by atoms with Gasteiger partial charge in [-0.25, -0.2) is 0 Å². The smallest absolute Gasteiger partial charge is 0.256 e. The normalized spacial score (nSPS) is 16.0. The number of benzene rings is 2. The van der Waals surface area contributed by atoms with Crippen molar-refractivity contribution in [2.45, 2.75) is 17.4 Å². The number of para-hydroxylation sites is 1. The molecule has 5 heteroatoms. The predicted molar refractivity (Wildman–Crippen MR) is 117 cm³/mol. The molecule has 0 spiro atoms. The fraction of sp³-hybridized carbons (Fsp3) is 0.167. The first-order chi connectivity index (χ1) is 14.3. The molecule has 1 atom stereocenters. The summed E-state index contributed by atoms with van der Waals surface area (Å²) >= 11 is 1.72. The highest BCUT2D eigenvalue weighted by atomic mass is 32.2. The van der Waals surface area contributed by atoms with E-state index in [4.69, 9.17) is 0 Å². The zero-order valence-corrected chi connectivity index (χ0v) is 16.9. The molecule has 1 aliphatic rings. The van der Waals surface area contributed by atoms with E-state index in [0.29, 0.717) is 12.1 Å². The van der Waals surface area contributed by atoms with Crippen molar-refractivity contribution in [2.24, 2.45) is 0 Å². The Kier molecular flexibility index (Phi) is 4.60. The van der Waals surface area contributed by atoms with E-state index in [-0.39, 0.29) is 11.9 Å². The highest BCUT2D eigenvalue weighted by Crippen LogP contribution is 2.39. The first kappa shape index (κ1) is 18.0. The number of amides is 1. The zero-order valence-electron chi connectivity index (χ0n) is 16.1. The van der Waals surface area contributed by atoms with Crippen LogP contribution < -0.4 is 0 Å². The third kappa shape index (κ3) is 3.12. The molecule has 0 bridgehead atoms. The SMILES string of the molecule is CSc1ccc([C@H]2c3[nH]c4ccccc4c3CCN2C(=O)c2cccnc2)cc1. The maximum absolute atomic E-state index is 13.4. The molecule has 0 saturated heterocycles.